The van der Waals surface area contributed by atoms with Gasteiger partial charge in [-0.05, 0) is 30.9 Å². The highest BCUT2D eigenvalue weighted by molar-refractivity contribution is 5.85. The second-order valence-electron chi connectivity index (χ2n) is 7.69. The second kappa shape index (κ2) is 9.85. The Bertz CT molecular complexity index is 1140. The average Bonchev–Trinajstić information content (AvgIpc) is 3.27. The van der Waals surface area contributed by atoms with Gasteiger partial charge in [0.05, 0.1) is 13.7 Å². The van der Waals surface area contributed by atoms with Crippen LogP contribution in [-0.2, 0) is 24.1 Å². The number of halogens is 2. The van der Waals surface area contributed by atoms with Crippen LogP contribution < -0.4 is 14.4 Å². The van der Waals surface area contributed by atoms with Crippen molar-refractivity contribution in [2.75, 3.05) is 25.6 Å². The first-order valence-electron chi connectivity index (χ1n) is 10.5. The van der Waals surface area contributed by atoms with Gasteiger partial charge in [0.15, 0.2) is 11.6 Å². The number of carbonyl (C=O) groups is 1. The molecule has 0 saturated carbocycles. The maximum absolute atomic E-state index is 12.7. The number of ether oxygens (including phenoxy) is 2. The molecule has 0 spiro atoms. The number of carbonyl (C=O) groups excluding carboxylic acids is 1. The van der Waals surface area contributed by atoms with Gasteiger partial charge in [0, 0.05) is 49.3 Å². The lowest BCUT2D eigenvalue weighted by Gasteiger charge is -2.21. The van der Waals surface area contributed by atoms with Crippen molar-refractivity contribution in [2.24, 2.45) is 0 Å². The van der Waals surface area contributed by atoms with E-state index in [4.69, 9.17) is 4.74 Å². The minimum absolute atomic E-state index is 0.00170. The second-order valence-corrected chi connectivity index (χ2v) is 7.69. The fraction of sp³-hybridized carbons (Fsp3) is 0.348. The van der Waals surface area contributed by atoms with Crippen LogP contribution in [0, 0.1) is 0 Å². The fourth-order valence-electron chi connectivity index (χ4n) is 3.81. The topological polar surface area (TPSA) is 90.3 Å². The van der Waals surface area contributed by atoms with Crippen molar-refractivity contribution >= 4 is 11.6 Å². The number of fused-ring (bicyclic) bond motifs is 1. The van der Waals surface area contributed by atoms with E-state index in [0.717, 1.165) is 36.1 Å². The number of aryl methyl sites for hydroxylation is 1. The molecule has 3 aromatic heterocycles. The van der Waals surface area contributed by atoms with Crippen LogP contribution in [0.2, 0.25) is 0 Å². The van der Waals surface area contributed by atoms with Crippen molar-refractivity contribution in [3.05, 3.63) is 53.5 Å². The monoisotopic (exact) mass is 455 g/mol. The van der Waals surface area contributed by atoms with E-state index in [9.17, 15) is 13.6 Å². The zero-order valence-corrected chi connectivity index (χ0v) is 18.3. The molecule has 0 saturated heterocycles. The quantitative estimate of drug-likeness (QED) is 0.486. The van der Waals surface area contributed by atoms with Gasteiger partial charge in [-0.3, -0.25) is 9.78 Å². The molecule has 0 aromatic carbocycles. The van der Waals surface area contributed by atoms with E-state index in [1.807, 2.05) is 6.07 Å². The highest BCUT2D eigenvalue weighted by Crippen LogP contribution is 2.31. The average molecular weight is 455 g/mol. The third-order valence-corrected chi connectivity index (χ3v) is 5.28. The summed E-state index contributed by atoms with van der Waals surface area (Å²) in [6.07, 6.45) is 5.76. The predicted molar refractivity (Wildman–Crippen MR) is 117 cm³/mol. The zero-order chi connectivity index (χ0) is 23.4. The summed E-state index contributed by atoms with van der Waals surface area (Å²) in [4.78, 5) is 32.1. The molecule has 0 unspecified atom stereocenters. The van der Waals surface area contributed by atoms with Gasteiger partial charge >= 0.3 is 6.61 Å². The number of Topliss-reactive ketones (excluding diaryl/α,β-unsaturated/α-hetero) is 1. The van der Waals surface area contributed by atoms with Crippen LogP contribution in [-0.4, -0.2) is 53.0 Å². The highest BCUT2D eigenvalue weighted by Gasteiger charge is 2.24. The standard InChI is InChI=1S/C23H23F2N5O3/c1-30(13-15(31)10-14-6-7-20(32-2)27-12-14)22-17-4-3-5-18(17)28-21(29-22)19-11-16(8-9-26-19)33-23(24)25/h6-9,11-12,23H,3-5,10,13H2,1-2H3. The van der Waals surface area contributed by atoms with Gasteiger partial charge in [0.2, 0.25) is 5.88 Å². The predicted octanol–water partition coefficient (Wildman–Crippen LogP) is 3.28. The Kier molecular flexibility index (Phi) is 6.71. The fourth-order valence-corrected chi connectivity index (χ4v) is 3.81. The van der Waals surface area contributed by atoms with E-state index < -0.39 is 6.61 Å². The van der Waals surface area contributed by atoms with E-state index in [2.05, 4.69) is 24.7 Å². The van der Waals surface area contributed by atoms with Crippen LogP contribution in [0.15, 0.2) is 36.7 Å². The third-order valence-electron chi connectivity index (χ3n) is 5.28. The van der Waals surface area contributed by atoms with Gasteiger partial charge in [0.1, 0.15) is 17.3 Å². The molecule has 0 amide bonds. The molecule has 0 N–H and O–H groups in total. The molecule has 0 fully saturated rings. The molecular weight excluding hydrogens is 432 g/mol. The largest absolute Gasteiger partial charge is 0.481 e. The Labute approximate surface area is 189 Å². The molecule has 0 atom stereocenters. The minimum atomic E-state index is -2.94. The lowest BCUT2D eigenvalue weighted by Crippen LogP contribution is -2.28. The molecule has 8 nitrogen and oxygen atoms in total. The maximum atomic E-state index is 12.7. The summed E-state index contributed by atoms with van der Waals surface area (Å²) < 4.78 is 34.7. The van der Waals surface area contributed by atoms with Gasteiger partial charge in [-0.25, -0.2) is 15.0 Å². The van der Waals surface area contributed by atoms with Crippen LogP contribution in [0.5, 0.6) is 11.6 Å². The number of alkyl halides is 2. The van der Waals surface area contributed by atoms with Gasteiger partial charge in [0.25, 0.3) is 0 Å². The van der Waals surface area contributed by atoms with E-state index in [0.29, 0.717) is 23.2 Å². The number of rotatable bonds is 9. The van der Waals surface area contributed by atoms with Crippen molar-refractivity contribution in [1.82, 2.24) is 19.9 Å². The smallest absolute Gasteiger partial charge is 0.387 e. The van der Waals surface area contributed by atoms with Gasteiger partial charge in [-0.1, -0.05) is 6.07 Å². The number of pyridine rings is 2. The molecule has 1 aliphatic rings. The first-order chi connectivity index (χ1) is 15.9. The Morgan fingerprint density at radius 3 is 2.76 bits per heavy atom. The summed E-state index contributed by atoms with van der Waals surface area (Å²) in [5, 5.41) is 0. The lowest BCUT2D eigenvalue weighted by molar-refractivity contribution is -0.117. The molecule has 3 heterocycles. The van der Waals surface area contributed by atoms with Crippen molar-refractivity contribution < 1.29 is 23.0 Å². The van der Waals surface area contributed by atoms with Gasteiger partial charge < -0.3 is 14.4 Å². The Morgan fingerprint density at radius 1 is 1.18 bits per heavy atom. The number of aromatic nitrogens is 4. The summed E-state index contributed by atoms with van der Waals surface area (Å²) in [7, 11) is 3.34. The van der Waals surface area contributed by atoms with Crippen LogP contribution in [0.4, 0.5) is 14.6 Å². The van der Waals surface area contributed by atoms with E-state index in [-0.39, 0.29) is 24.5 Å². The molecule has 4 rings (SSSR count). The van der Waals surface area contributed by atoms with E-state index in [1.165, 1.54) is 25.4 Å². The number of nitrogens with zero attached hydrogens (tertiary/aromatic N) is 5. The molecule has 0 aliphatic heterocycles. The molecule has 33 heavy (non-hydrogen) atoms. The van der Waals surface area contributed by atoms with Crippen molar-refractivity contribution in [1.29, 1.82) is 0 Å². The van der Waals surface area contributed by atoms with Gasteiger partial charge in [-0.2, -0.15) is 8.78 Å². The van der Waals surface area contributed by atoms with Gasteiger partial charge in [-0.15, -0.1) is 0 Å². The van der Waals surface area contributed by atoms with E-state index >= 15 is 0 Å². The Hall–Kier alpha value is -3.69. The molecule has 0 bridgehead atoms. The van der Waals surface area contributed by atoms with Crippen molar-refractivity contribution in [3.63, 3.8) is 0 Å². The summed E-state index contributed by atoms with van der Waals surface area (Å²) in [6.45, 7) is -2.79. The molecular formula is C23H23F2N5O3. The van der Waals surface area contributed by atoms with E-state index in [1.54, 1.807) is 24.2 Å². The Balaban J connectivity index is 1.55. The van der Waals surface area contributed by atoms with Crippen molar-refractivity contribution in [3.8, 4) is 23.1 Å². The van der Waals surface area contributed by atoms with Crippen LogP contribution in [0.25, 0.3) is 11.5 Å². The number of hydrogen-bond donors (Lipinski definition) is 0. The summed E-state index contributed by atoms with van der Waals surface area (Å²) in [5.74, 6) is 1.43. The molecule has 172 valence electrons. The lowest BCUT2D eigenvalue weighted by atomic mass is 10.1. The summed E-state index contributed by atoms with van der Waals surface area (Å²) in [6, 6.07) is 6.26. The number of hydrogen-bond acceptors (Lipinski definition) is 8. The molecule has 1 aliphatic carbocycles. The maximum Gasteiger partial charge on any atom is 0.387 e. The Morgan fingerprint density at radius 2 is 2.03 bits per heavy atom. The highest BCUT2D eigenvalue weighted by atomic mass is 19.3. The first-order valence-corrected chi connectivity index (χ1v) is 10.5. The number of methoxy groups -OCH3 is 1. The van der Waals surface area contributed by atoms with Crippen LogP contribution >= 0.6 is 0 Å². The SMILES string of the molecule is COc1ccc(CC(=O)CN(C)c2nc(-c3cc(OC(F)F)ccn3)nc3c2CCC3)cn1. The number of anilines is 1. The van der Waals surface area contributed by atoms with Crippen LogP contribution in [0.3, 0.4) is 0 Å². The number of likely N-dealkylation sites (N-methyl/N-ethyl adjacent to an activating group) is 1. The molecule has 3 aromatic rings. The van der Waals surface area contributed by atoms with Crippen LogP contribution in [0.1, 0.15) is 23.2 Å². The first kappa shape index (κ1) is 22.5. The normalized spacial score (nSPS) is 12.5. The minimum Gasteiger partial charge on any atom is -0.481 e. The summed E-state index contributed by atoms with van der Waals surface area (Å²) >= 11 is 0. The zero-order valence-electron chi connectivity index (χ0n) is 18.3. The third kappa shape index (κ3) is 5.39. The summed E-state index contributed by atoms with van der Waals surface area (Å²) in [5.41, 5.74) is 3.01. The molecule has 10 heteroatoms. The number of ketones is 1. The van der Waals surface area contributed by atoms with Crippen molar-refractivity contribution in [2.45, 2.75) is 32.3 Å². The molecule has 0 radical (unpaired) electrons.